The largest absolute Gasteiger partial charge is 0.445 e. The van der Waals surface area contributed by atoms with E-state index in [1.165, 1.54) is 6.08 Å². The van der Waals surface area contributed by atoms with Crippen molar-refractivity contribution < 1.29 is 22.4 Å². The first-order valence-corrected chi connectivity index (χ1v) is 14.8. The quantitative estimate of drug-likeness (QED) is 0.381. The molecule has 0 spiro atoms. The molecule has 0 fully saturated rings. The van der Waals surface area contributed by atoms with Crippen molar-refractivity contribution in [3.05, 3.63) is 42.5 Å². The van der Waals surface area contributed by atoms with Gasteiger partial charge in [-0.2, -0.15) is 0 Å². The maximum Gasteiger partial charge on any atom is 0.407 e. The summed E-state index contributed by atoms with van der Waals surface area (Å²) in [6.07, 6.45) is 1.82. The molecule has 1 aromatic carbocycles. The number of rotatable bonds is 11. The minimum atomic E-state index is -3.37. The summed E-state index contributed by atoms with van der Waals surface area (Å²) in [5.74, 6) is 0.00996. The molecule has 0 saturated heterocycles. The molecule has 6 nitrogen and oxygen atoms in total. The van der Waals surface area contributed by atoms with E-state index < -0.39 is 24.2 Å². The van der Waals surface area contributed by atoms with Crippen molar-refractivity contribution in [1.82, 2.24) is 5.32 Å². The molecule has 0 aromatic heterocycles. The number of sulfone groups is 1. The molecule has 1 atom stereocenters. The summed E-state index contributed by atoms with van der Waals surface area (Å²) < 4.78 is 36.4. The van der Waals surface area contributed by atoms with E-state index in [1.54, 1.807) is 24.3 Å². The number of aryl methyl sites for hydroxylation is 1. The molecule has 0 aliphatic heterocycles. The van der Waals surface area contributed by atoms with Crippen LogP contribution in [-0.4, -0.2) is 47.8 Å². The fraction of sp³-hybridized carbons (Fsp3) is 0.591. The number of alkyl carbamates (subject to hydrolysis) is 1. The summed E-state index contributed by atoms with van der Waals surface area (Å²) in [4.78, 5) is 12.3. The van der Waals surface area contributed by atoms with Crippen LogP contribution in [0.3, 0.4) is 0 Å². The van der Waals surface area contributed by atoms with Crippen LogP contribution in [-0.2, 0) is 19.0 Å². The van der Waals surface area contributed by atoms with Crippen molar-refractivity contribution in [2.24, 2.45) is 0 Å². The lowest BCUT2D eigenvalue weighted by Gasteiger charge is -2.37. The van der Waals surface area contributed by atoms with Crippen LogP contribution in [0.2, 0.25) is 18.1 Å². The molecule has 0 saturated carbocycles. The predicted octanol–water partition coefficient (Wildman–Crippen LogP) is 4.85. The second kappa shape index (κ2) is 11.1. The average molecular weight is 456 g/mol. The number of benzene rings is 1. The van der Waals surface area contributed by atoms with E-state index in [0.29, 0.717) is 24.3 Å². The number of ether oxygens (including phenoxy) is 1. The molecule has 0 heterocycles. The van der Waals surface area contributed by atoms with Gasteiger partial charge in [0.2, 0.25) is 0 Å². The van der Waals surface area contributed by atoms with Gasteiger partial charge in [-0.3, -0.25) is 0 Å². The van der Waals surface area contributed by atoms with Crippen molar-refractivity contribution in [2.45, 2.75) is 69.6 Å². The summed E-state index contributed by atoms with van der Waals surface area (Å²) in [6, 6.07) is 6.52. The molecule has 1 amide bonds. The number of nitrogens with one attached hydrogen (secondary N) is 1. The molecule has 8 heteroatoms. The van der Waals surface area contributed by atoms with Crippen LogP contribution in [0.4, 0.5) is 4.79 Å². The lowest BCUT2D eigenvalue weighted by atomic mass is 10.2. The fourth-order valence-electron chi connectivity index (χ4n) is 2.45. The van der Waals surface area contributed by atoms with Gasteiger partial charge in [0.05, 0.1) is 23.3 Å². The molecule has 0 aliphatic rings. The topological polar surface area (TPSA) is 81.7 Å². The zero-order valence-electron chi connectivity index (χ0n) is 19.2. The molecule has 170 valence electrons. The van der Waals surface area contributed by atoms with Crippen LogP contribution in [0, 0.1) is 6.92 Å². The Balaban J connectivity index is 2.75. The highest BCUT2D eigenvalue weighted by Gasteiger charge is 2.37. The molecule has 30 heavy (non-hydrogen) atoms. The second-order valence-corrected chi connectivity index (χ2v) is 16.0. The average Bonchev–Trinajstić information content (AvgIpc) is 2.63. The summed E-state index contributed by atoms with van der Waals surface area (Å²) in [7, 11) is -5.38. The lowest BCUT2D eigenvalue weighted by molar-refractivity contribution is 0.145. The summed E-state index contributed by atoms with van der Waals surface area (Å²) in [6.45, 7) is 16.6. The van der Waals surface area contributed by atoms with Gasteiger partial charge in [-0.05, 0) is 50.0 Å². The summed E-state index contributed by atoms with van der Waals surface area (Å²) >= 11 is 0. The third-order valence-electron chi connectivity index (χ3n) is 5.45. The van der Waals surface area contributed by atoms with Crippen molar-refractivity contribution >= 4 is 24.2 Å². The Kier molecular flexibility index (Phi) is 9.77. The number of hydrogen-bond acceptors (Lipinski definition) is 5. The molecule has 0 radical (unpaired) electrons. The third-order valence-corrected chi connectivity index (χ3v) is 11.8. The van der Waals surface area contributed by atoms with Crippen molar-refractivity contribution in [3.8, 4) is 0 Å². The summed E-state index contributed by atoms with van der Waals surface area (Å²) in [5, 5.41) is 2.84. The van der Waals surface area contributed by atoms with Crippen LogP contribution in [0.5, 0.6) is 0 Å². The number of carbonyl (C=O) groups excluding carboxylic acids is 1. The van der Waals surface area contributed by atoms with Gasteiger partial charge in [0.25, 0.3) is 0 Å². The normalized spacial score (nSPS) is 13.5. The Morgan fingerprint density at radius 1 is 1.23 bits per heavy atom. The predicted molar refractivity (Wildman–Crippen MR) is 124 cm³/mol. The number of carbonyl (C=O) groups is 1. The van der Waals surface area contributed by atoms with Gasteiger partial charge in [-0.1, -0.05) is 51.1 Å². The van der Waals surface area contributed by atoms with E-state index in [0.717, 1.165) is 5.56 Å². The molecule has 0 unspecified atom stereocenters. The lowest BCUT2D eigenvalue weighted by Crippen LogP contribution is -2.46. The highest BCUT2D eigenvalue weighted by Crippen LogP contribution is 2.36. The first-order valence-electron chi connectivity index (χ1n) is 10.3. The van der Waals surface area contributed by atoms with Crippen LogP contribution in [0.25, 0.3) is 0 Å². The Morgan fingerprint density at radius 3 is 2.37 bits per heavy atom. The highest BCUT2D eigenvalue weighted by atomic mass is 32.2. The number of hydrogen-bond donors (Lipinski definition) is 1. The van der Waals surface area contributed by atoms with Gasteiger partial charge < -0.3 is 14.5 Å². The van der Waals surface area contributed by atoms with Crippen LogP contribution < -0.4 is 5.32 Å². The summed E-state index contributed by atoms with van der Waals surface area (Å²) in [5.41, 5.74) is 1.01. The van der Waals surface area contributed by atoms with Gasteiger partial charge in [0.15, 0.2) is 18.2 Å². The Morgan fingerprint density at radius 2 is 1.83 bits per heavy atom. The molecule has 1 rings (SSSR count). The first-order chi connectivity index (χ1) is 13.8. The van der Waals surface area contributed by atoms with Crippen molar-refractivity contribution in [2.75, 3.05) is 19.0 Å². The van der Waals surface area contributed by atoms with Crippen LogP contribution >= 0.6 is 0 Å². The Hall–Kier alpha value is -1.64. The maximum atomic E-state index is 12.6. The SMILES string of the molecule is C=CCOC(=O)N[C@H](CCCS(=O)(=O)c1ccc(C)cc1)CO[Si](C)(C)C(C)(C)C. The zero-order valence-corrected chi connectivity index (χ0v) is 21.0. The Bertz CT molecular complexity index is 798. The van der Waals surface area contributed by atoms with E-state index in [9.17, 15) is 13.2 Å². The van der Waals surface area contributed by atoms with Crippen molar-refractivity contribution in [3.63, 3.8) is 0 Å². The highest BCUT2D eigenvalue weighted by molar-refractivity contribution is 7.91. The molecular weight excluding hydrogens is 418 g/mol. The van der Waals surface area contributed by atoms with E-state index in [1.807, 2.05) is 6.92 Å². The van der Waals surface area contributed by atoms with E-state index in [-0.39, 0.29) is 23.4 Å². The van der Waals surface area contributed by atoms with Gasteiger partial charge in [0.1, 0.15) is 6.61 Å². The minimum absolute atomic E-state index is 0.00996. The van der Waals surface area contributed by atoms with Crippen molar-refractivity contribution in [1.29, 1.82) is 0 Å². The maximum absolute atomic E-state index is 12.6. The molecule has 1 aromatic rings. The van der Waals surface area contributed by atoms with Gasteiger partial charge in [-0.15, -0.1) is 0 Å². The molecule has 1 N–H and O–H groups in total. The van der Waals surface area contributed by atoms with Gasteiger partial charge >= 0.3 is 6.09 Å². The first kappa shape index (κ1) is 26.4. The third kappa shape index (κ3) is 8.61. The van der Waals surface area contributed by atoms with E-state index >= 15 is 0 Å². The zero-order chi connectivity index (χ0) is 23.0. The van der Waals surface area contributed by atoms with Crippen LogP contribution in [0.1, 0.15) is 39.2 Å². The number of amides is 1. The van der Waals surface area contributed by atoms with Crippen LogP contribution in [0.15, 0.2) is 41.8 Å². The second-order valence-electron chi connectivity index (χ2n) is 9.07. The molecule has 0 bridgehead atoms. The van der Waals surface area contributed by atoms with Gasteiger partial charge in [0, 0.05) is 0 Å². The van der Waals surface area contributed by atoms with E-state index in [4.69, 9.17) is 9.16 Å². The monoisotopic (exact) mass is 455 g/mol. The standard InChI is InChI=1S/C22H37NO5SSi/c1-8-15-27-21(24)23-19(17-28-30(6,7)22(3,4)5)10-9-16-29(25,26)20-13-11-18(2)12-14-20/h8,11-14,19H,1,9-10,15-17H2,2-7H3,(H,23,24)/t19-/m1/s1. The van der Waals surface area contributed by atoms with Gasteiger partial charge in [-0.25, -0.2) is 13.2 Å². The Labute approximate surface area is 183 Å². The fourth-order valence-corrected chi connectivity index (χ4v) is 4.83. The molecular formula is C22H37NO5SSi. The van der Waals surface area contributed by atoms with E-state index in [2.05, 4.69) is 45.8 Å². The smallest absolute Gasteiger partial charge is 0.407 e. The molecule has 0 aliphatic carbocycles. The minimum Gasteiger partial charge on any atom is -0.445 e.